The summed E-state index contributed by atoms with van der Waals surface area (Å²) in [6, 6.07) is 80.8. The zero-order valence-electron chi connectivity index (χ0n) is 35.8. The lowest BCUT2D eigenvalue weighted by Crippen LogP contribution is -2.88. The van der Waals surface area contributed by atoms with Crippen molar-refractivity contribution in [1.29, 1.82) is 0 Å². The van der Waals surface area contributed by atoms with E-state index < -0.39 is 8.07 Å². The number of rotatable bonds is 7. The third-order valence-electron chi connectivity index (χ3n) is 13.9. The van der Waals surface area contributed by atoms with E-state index in [0.29, 0.717) is 0 Å². The fourth-order valence-corrected chi connectivity index (χ4v) is 16.7. The molecule has 2 aromatic heterocycles. The molecule has 5 heterocycles. The molecule has 0 saturated heterocycles. The fourth-order valence-electron chi connectivity index (χ4n) is 11.4. The third-order valence-corrected chi connectivity index (χ3v) is 18.8. The molecule has 0 saturated carbocycles. The summed E-state index contributed by atoms with van der Waals surface area (Å²) in [5.74, 6) is 0. The van der Waals surface area contributed by atoms with E-state index in [2.05, 4.69) is 229 Å². The first kappa shape index (κ1) is 37.5. The molecule has 65 heavy (non-hydrogen) atoms. The highest BCUT2D eigenvalue weighted by molar-refractivity contribution is 7.27. The largest absolute Gasteiger partial charge is 0.311 e. The van der Waals surface area contributed by atoms with Crippen LogP contribution >= 0.6 is 0 Å². The molecule has 0 aliphatic carbocycles. The first-order valence-corrected chi connectivity index (χ1v) is 24.4. The summed E-state index contributed by atoms with van der Waals surface area (Å²) in [5, 5.41) is 5.63. The van der Waals surface area contributed by atoms with E-state index in [9.17, 15) is 0 Å². The van der Waals surface area contributed by atoms with Gasteiger partial charge in [-0.3, -0.25) is 9.97 Å². The number of pyridine rings is 2. The molecule has 0 radical (unpaired) electrons. The Morgan fingerprint density at radius 2 is 0.862 bits per heavy atom. The maximum atomic E-state index is 5.10. The first-order valence-electron chi connectivity index (χ1n) is 22.4. The highest BCUT2D eigenvalue weighted by Crippen LogP contribution is 2.48. The van der Waals surface area contributed by atoms with Crippen molar-refractivity contribution >= 4 is 86.0 Å². The Hall–Kier alpha value is -8.06. The zero-order chi connectivity index (χ0) is 43.1. The van der Waals surface area contributed by atoms with Crippen LogP contribution in [0.25, 0.3) is 33.6 Å². The van der Waals surface area contributed by atoms with Crippen molar-refractivity contribution in [2.75, 3.05) is 9.80 Å². The number of benzene rings is 8. The molecular formula is C59H41BN4Si. The third kappa shape index (κ3) is 5.51. The number of para-hydroxylation sites is 2. The second kappa shape index (κ2) is 14.8. The van der Waals surface area contributed by atoms with E-state index in [1.807, 2.05) is 18.5 Å². The van der Waals surface area contributed by atoms with Gasteiger partial charge in [0.25, 0.3) is 6.71 Å². The number of nitrogens with zero attached hydrogens (tertiary/aromatic N) is 4. The van der Waals surface area contributed by atoms with Gasteiger partial charge in [0.05, 0.1) is 22.8 Å². The second-order valence-corrected chi connectivity index (χ2v) is 21.1. The van der Waals surface area contributed by atoms with Crippen LogP contribution in [-0.4, -0.2) is 24.8 Å². The Morgan fingerprint density at radius 1 is 0.369 bits per heavy atom. The highest BCUT2D eigenvalue weighted by atomic mass is 28.3. The van der Waals surface area contributed by atoms with Gasteiger partial charge < -0.3 is 9.80 Å². The molecule has 10 aromatic rings. The van der Waals surface area contributed by atoms with Crippen molar-refractivity contribution in [3.05, 3.63) is 236 Å². The summed E-state index contributed by atoms with van der Waals surface area (Å²) in [7, 11) is -3.01. The van der Waals surface area contributed by atoms with Crippen LogP contribution in [0.2, 0.25) is 0 Å². The van der Waals surface area contributed by atoms with Gasteiger partial charge in [0.15, 0.2) is 8.07 Å². The molecule has 0 bridgehead atoms. The van der Waals surface area contributed by atoms with Crippen LogP contribution in [-0.2, 0) is 0 Å². The van der Waals surface area contributed by atoms with Crippen molar-refractivity contribution < 1.29 is 0 Å². The van der Waals surface area contributed by atoms with Gasteiger partial charge in [0.1, 0.15) is 0 Å². The molecule has 0 unspecified atom stereocenters. The average Bonchev–Trinajstić information content (AvgIpc) is 3.38. The molecule has 6 heteroatoms. The summed E-state index contributed by atoms with van der Waals surface area (Å²) in [6.07, 6.45) is 3.85. The van der Waals surface area contributed by atoms with E-state index >= 15 is 0 Å². The van der Waals surface area contributed by atoms with Gasteiger partial charge in [0, 0.05) is 46.3 Å². The molecule has 13 rings (SSSR count). The van der Waals surface area contributed by atoms with Crippen molar-refractivity contribution in [2.24, 2.45) is 0 Å². The maximum Gasteiger partial charge on any atom is 0.251 e. The van der Waals surface area contributed by atoms with Gasteiger partial charge >= 0.3 is 0 Å². The first-order chi connectivity index (χ1) is 32.2. The Bertz CT molecular complexity index is 3430. The van der Waals surface area contributed by atoms with Crippen LogP contribution in [0.5, 0.6) is 0 Å². The Balaban J connectivity index is 1.17. The Morgan fingerprint density at radius 3 is 1.43 bits per heavy atom. The predicted octanol–water partition coefficient (Wildman–Crippen LogP) is 9.56. The number of hydrogen-bond donors (Lipinski definition) is 0. The van der Waals surface area contributed by atoms with Gasteiger partial charge in [-0.15, -0.1) is 0 Å². The monoisotopic (exact) mass is 844 g/mol. The molecule has 0 fully saturated rings. The average molecular weight is 845 g/mol. The lowest BCUT2D eigenvalue weighted by Gasteiger charge is -2.51. The van der Waals surface area contributed by atoms with Crippen molar-refractivity contribution in [2.45, 2.75) is 6.92 Å². The molecular weight excluding hydrogens is 804 g/mol. The minimum Gasteiger partial charge on any atom is -0.311 e. The smallest absolute Gasteiger partial charge is 0.251 e. The van der Waals surface area contributed by atoms with Crippen LogP contribution in [0, 0.1) is 6.92 Å². The van der Waals surface area contributed by atoms with Gasteiger partial charge in [-0.2, -0.15) is 0 Å². The quantitative estimate of drug-likeness (QED) is 0.150. The lowest BCUT2D eigenvalue weighted by molar-refractivity contribution is 1.23. The molecule has 3 aliphatic heterocycles. The van der Waals surface area contributed by atoms with E-state index in [1.165, 1.54) is 71.0 Å². The van der Waals surface area contributed by atoms with Crippen molar-refractivity contribution in [3.63, 3.8) is 0 Å². The van der Waals surface area contributed by atoms with Gasteiger partial charge in [-0.05, 0) is 121 Å². The number of hydrogen-bond acceptors (Lipinski definition) is 4. The lowest BCUT2D eigenvalue weighted by atomic mass is 9.33. The number of aromatic nitrogens is 2. The summed E-state index contributed by atoms with van der Waals surface area (Å²) in [4.78, 5) is 15.2. The van der Waals surface area contributed by atoms with E-state index in [-0.39, 0.29) is 6.71 Å². The Kier molecular flexibility index (Phi) is 8.52. The second-order valence-electron chi connectivity index (χ2n) is 17.3. The van der Waals surface area contributed by atoms with Crippen LogP contribution in [0.4, 0.5) is 34.1 Å². The number of aryl methyl sites for hydroxylation is 1. The van der Waals surface area contributed by atoms with Crippen LogP contribution in [0.3, 0.4) is 0 Å². The maximum absolute atomic E-state index is 5.10. The molecule has 0 amide bonds. The van der Waals surface area contributed by atoms with Crippen LogP contribution < -0.4 is 46.9 Å². The minimum absolute atomic E-state index is 0.00717. The normalized spacial score (nSPS) is 13.6. The van der Waals surface area contributed by atoms with Crippen molar-refractivity contribution in [3.8, 4) is 33.6 Å². The van der Waals surface area contributed by atoms with E-state index in [1.54, 1.807) is 0 Å². The molecule has 0 spiro atoms. The highest BCUT2D eigenvalue weighted by Gasteiger charge is 2.56. The standard InChI is InChI=1S/C59H41BN4Si/c1-40-37-53-57-54(38-40)64(50-29-14-12-26-46(50)48-39-42(34-36-62-48)41-19-5-2-6-20-41)52-31-18-33-56-59(52)60(57)58-51(63(53)49-28-13-11-25-45(49)47-27-15-16-35-61-47)30-17-32-55(58)65(56,43-21-7-3-8-22-43)44-23-9-4-10-24-44/h2-39H,1H3. The summed E-state index contributed by atoms with van der Waals surface area (Å²) < 4.78 is 0. The van der Waals surface area contributed by atoms with Crippen LogP contribution in [0.15, 0.2) is 231 Å². The van der Waals surface area contributed by atoms with E-state index in [4.69, 9.17) is 9.97 Å². The molecule has 304 valence electrons. The molecule has 3 aliphatic rings. The minimum atomic E-state index is -3.01. The topological polar surface area (TPSA) is 32.3 Å². The summed E-state index contributed by atoms with van der Waals surface area (Å²) in [5.41, 5.74) is 18.7. The van der Waals surface area contributed by atoms with Gasteiger partial charge in [0.2, 0.25) is 0 Å². The Labute approximate surface area is 380 Å². The molecule has 4 nitrogen and oxygen atoms in total. The van der Waals surface area contributed by atoms with Gasteiger partial charge in [-0.25, -0.2) is 0 Å². The molecule has 0 N–H and O–H groups in total. The SMILES string of the molecule is Cc1cc2c3c(c1)N(c1ccccc1-c1cc(-c4ccccc4)ccn1)c1cccc4c1B3c1c(cccc1[Si]4(c1ccccc1)c1ccccc1)N2c1ccccc1-c1ccccn1. The zero-order valence-corrected chi connectivity index (χ0v) is 36.8. The van der Waals surface area contributed by atoms with Crippen molar-refractivity contribution in [1.82, 2.24) is 9.97 Å². The molecule has 8 aromatic carbocycles. The van der Waals surface area contributed by atoms with E-state index in [0.717, 1.165) is 39.5 Å². The number of anilines is 6. The fraction of sp³-hybridized carbons (Fsp3) is 0.0169. The summed E-state index contributed by atoms with van der Waals surface area (Å²) in [6.45, 7) is 2.24. The predicted molar refractivity (Wildman–Crippen MR) is 274 cm³/mol. The summed E-state index contributed by atoms with van der Waals surface area (Å²) >= 11 is 0. The van der Waals surface area contributed by atoms with Gasteiger partial charge in [-0.1, -0.05) is 158 Å². The van der Waals surface area contributed by atoms with Crippen LogP contribution in [0.1, 0.15) is 5.56 Å². The molecule has 0 atom stereocenters.